The Morgan fingerprint density at radius 3 is 2.74 bits per heavy atom. The summed E-state index contributed by atoms with van der Waals surface area (Å²) in [6.45, 7) is 5.39. The van der Waals surface area contributed by atoms with E-state index >= 15 is 0 Å². The third-order valence-electron chi connectivity index (χ3n) is 3.92. The summed E-state index contributed by atoms with van der Waals surface area (Å²) in [6, 6.07) is 4.50. The average molecular weight is 263 g/mol. The van der Waals surface area contributed by atoms with E-state index in [2.05, 4.69) is 25.2 Å². The van der Waals surface area contributed by atoms with Crippen molar-refractivity contribution in [1.82, 2.24) is 5.32 Å². The van der Waals surface area contributed by atoms with Gasteiger partial charge in [-0.2, -0.15) is 0 Å². The van der Waals surface area contributed by atoms with Crippen LogP contribution in [0, 0.1) is 0 Å². The second-order valence-corrected chi connectivity index (χ2v) is 5.74. The predicted molar refractivity (Wildman–Crippen MR) is 78.1 cm³/mol. The van der Waals surface area contributed by atoms with Crippen molar-refractivity contribution < 1.29 is 9.84 Å². The molecular formula is C16H25NO2. The highest BCUT2D eigenvalue weighted by molar-refractivity contribution is 5.49. The maximum Gasteiger partial charge on any atom is 0.163 e. The molecule has 1 aliphatic rings. The number of phenols is 1. The molecule has 0 saturated carbocycles. The van der Waals surface area contributed by atoms with Gasteiger partial charge in [0.15, 0.2) is 11.5 Å². The fourth-order valence-corrected chi connectivity index (χ4v) is 2.78. The third kappa shape index (κ3) is 3.41. The van der Waals surface area contributed by atoms with Gasteiger partial charge in [-0.3, -0.25) is 0 Å². The maximum absolute atomic E-state index is 10.1. The van der Waals surface area contributed by atoms with Gasteiger partial charge >= 0.3 is 0 Å². The molecule has 1 aliphatic heterocycles. The van der Waals surface area contributed by atoms with Gasteiger partial charge in [0.2, 0.25) is 0 Å². The number of methoxy groups -OCH3 is 1. The predicted octanol–water partition coefficient (Wildman–Crippen LogP) is 3.21. The highest BCUT2D eigenvalue weighted by Crippen LogP contribution is 2.35. The fourth-order valence-electron chi connectivity index (χ4n) is 2.78. The highest BCUT2D eigenvalue weighted by atomic mass is 16.5. The van der Waals surface area contributed by atoms with Crippen LogP contribution in [0.5, 0.6) is 11.5 Å². The topological polar surface area (TPSA) is 41.5 Å². The van der Waals surface area contributed by atoms with Crippen molar-refractivity contribution >= 4 is 0 Å². The monoisotopic (exact) mass is 263 g/mol. The molecule has 0 spiro atoms. The maximum atomic E-state index is 10.1. The first-order valence-electron chi connectivity index (χ1n) is 7.25. The van der Waals surface area contributed by atoms with Gasteiger partial charge < -0.3 is 15.2 Å². The molecule has 0 amide bonds. The zero-order chi connectivity index (χ0) is 13.8. The van der Waals surface area contributed by atoms with Crippen molar-refractivity contribution in [2.24, 2.45) is 0 Å². The first-order valence-corrected chi connectivity index (χ1v) is 7.25. The lowest BCUT2D eigenvalue weighted by molar-refractivity contribution is 0.358. The molecule has 1 heterocycles. The van der Waals surface area contributed by atoms with Crippen LogP contribution >= 0.6 is 0 Å². The van der Waals surface area contributed by atoms with Crippen molar-refractivity contribution in [3.8, 4) is 11.5 Å². The van der Waals surface area contributed by atoms with Gasteiger partial charge in [-0.1, -0.05) is 26.3 Å². The van der Waals surface area contributed by atoms with Crippen LogP contribution in [0.3, 0.4) is 0 Å². The van der Waals surface area contributed by atoms with E-state index < -0.39 is 0 Å². The summed E-state index contributed by atoms with van der Waals surface area (Å²) in [6.07, 6.45) is 4.69. The lowest BCUT2D eigenvalue weighted by Crippen LogP contribution is -2.35. The molecule has 1 aromatic carbocycles. The largest absolute Gasteiger partial charge is 0.504 e. The van der Waals surface area contributed by atoms with Crippen LogP contribution in [0.4, 0.5) is 0 Å². The zero-order valence-electron chi connectivity index (χ0n) is 12.2. The highest BCUT2D eigenvalue weighted by Gasteiger charge is 2.18. The third-order valence-corrected chi connectivity index (χ3v) is 3.92. The van der Waals surface area contributed by atoms with E-state index in [1.165, 1.54) is 24.8 Å². The second kappa shape index (κ2) is 6.29. The van der Waals surface area contributed by atoms with Crippen LogP contribution in [0.2, 0.25) is 0 Å². The Kier molecular flexibility index (Phi) is 4.70. The van der Waals surface area contributed by atoms with Gasteiger partial charge in [0, 0.05) is 6.04 Å². The molecule has 1 unspecified atom stereocenters. The standard InChI is InChI=1S/C16H25NO2/c1-11(2)12-8-13(16(19-3)15(18)10-12)9-14-6-4-5-7-17-14/h8,10-11,14,17-18H,4-7,9H2,1-3H3. The number of benzene rings is 1. The van der Waals surface area contributed by atoms with Crippen molar-refractivity contribution in [2.75, 3.05) is 13.7 Å². The summed E-state index contributed by atoms with van der Waals surface area (Å²) in [5.74, 6) is 1.31. The van der Waals surface area contributed by atoms with Gasteiger partial charge in [-0.15, -0.1) is 0 Å². The summed E-state index contributed by atoms with van der Waals surface area (Å²) in [5, 5.41) is 13.7. The molecule has 2 N–H and O–H groups in total. The summed E-state index contributed by atoms with van der Waals surface area (Å²) in [5.41, 5.74) is 2.29. The Balaban J connectivity index is 2.25. The lowest BCUT2D eigenvalue weighted by atomic mass is 9.93. The van der Waals surface area contributed by atoms with Crippen LogP contribution in [-0.2, 0) is 6.42 Å². The van der Waals surface area contributed by atoms with Crippen LogP contribution in [0.25, 0.3) is 0 Å². The van der Waals surface area contributed by atoms with Crippen molar-refractivity contribution in [3.63, 3.8) is 0 Å². The number of nitrogens with one attached hydrogen (secondary N) is 1. The summed E-state index contributed by atoms with van der Waals surface area (Å²) >= 11 is 0. The van der Waals surface area contributed by atoms with E-state index in [1.807, 2.05) is 6.07 Å². The molecule has 106 valence electrons. The Morgan fingerprint density at radius 2 is 2.16 bits per heavy atom. The van der Waals surface area contributed by atoms with Crippen molar-refractivity contribution in [1.29, 1.82) is 0 Å². The van der Waals surface area contributed by atoms with Crippen molar-refractivity contribution in [3.05, 3.63) is 23.3 Å². The molecule has 0 bridgehead atoms. The molecule has 3 heteroatoms. The van der Waals surface area contributed by atoms with Crippen LogP contribution in [-0.4, -0.2) is 24.8 Å². The Morgan fingerprint density at radius 1 is 1.37 bits per heavy atom. The number of phenolic OH excluding ortho intramolecular Hbond substituents is 1. The minimum absolute atomic E-state index is 0.263. The van der Waals surface area contributed by atoms with Gasteiger partial charge in [0.25, 0.3) is 0 Å². The molecule has 0 aromatic heterocycles. The fraction of sp³-hybridized carbons (Fsp3) is 0.625. The molecule has 0 aliphatic carbocycles. The second-order valence-electron chi connectivity index (χ2n) is 5.74. The van der Waals surface area contributed by atoms with Gasteiger partial charge in [0.1, 0.15) is 0 Å². The average Bonchev–Trinajstić information content (AvgIpc) is 2.39. The van der Waals surface area contributed by atoms with Gasteiger partial charge in [-0.05, 0) is 48.9 Å². The van der Waals surface area contributed by atoms with E-state index in [4.69, 9.17) is 4.74 Å². The van der Waals surface area contributed by atoms with Gasteiger partial charge in [-0.25, -0.2) is 0 Å². The number of piperidine rings is 1. The summed E-state index contributed by atoms with van der Waals surface area (Å²) in [7, 11) is 1.63. The number of hydrogen-bond donors (Lipinski definition) is 2. The number of hydrogen-bond acceptors (Lipinski definition) is 3. The minimum atomic E-state index is 0.263. The molecule has 0 radical (unpaired) electrons. The van der Waals surface area contributed by atoms with E-state index in [0.717, 1.165) is 18.5 Å². The first-order chi connectivity index (χ1) is 9.11. The summed E-state index contributed by atoms with van der Waals surface area (Å²) in [4.78, 5) is 0. The number of rotatable bonds is 4. The molecule has 19 heavy (non-hydrogen) atoms. The minimum Gasteiger partial charge on any atom is -0.504 e. The first kappa shape index (κ1) is 14.2. The SMILES string of the molecule is COc1c(O)cc(C(C)C)cc1CC1CCCCN1. The van der Waals surface area contributed by atoms with Crippen LogP contribution < -0.4 is 10.1 Å². The molecule has 1 fully saturated rings. The lowest BCUT2D eigenvalue weighted by Gasteiger charge is -2.25. The molecule has 2 rings (SSSR count). The smallest absolute Gasteiger partial charge is 0.163 e. The van der Waals surface area contributed by atoms with Crippen molar-refractivity contribution in [2.45, 2.75) is 51.5 Å². The number of aromatic hydroxyl groups is 1. The van der Waals surface area contributed by atoms with E-state index in [-0.39, 0.29) is 5.75 Å². The Labute approximate surface area is 116 Å². The molecule has 3 nitrogen and oxygen atoms in total. The zero-order valence-corrected chi connectivity index (χ0v) is 12.2. The number of ether oxygens (including phenoxy) is 1. The molecule has 1 aromatic rings. The summed E-state index contributed by atoms with van der Waals surface area (Å²) < 4.78 is 5.37. The van der Waals surface area contributed by atoms with E-state index in [1.54, 1.807) is 7.11 Å². The van der Waals surface area contributed by atoms with E-state index in [9.17, 15) is 5.11 Å². The Bertz CT molecular complexity index is 423. The van der Waals surface area contributed by atoms with Crippen LogP contribution in [0.1, 0.15) is 50.2 Å². The quantitative estimate of drug-likeness (QED) is 0.876. The molecule has 1 saturated heterocycles. The van der Waals surface area contributed by atoms with Gasteiger partial charge in [0.05, 0.1) is 7.11 Å². The molecular weight excluding hydrogens is 238 g/mol. The van der Waals surface area contributed by atoms with Crippen LogP contribution in [0.15, 0.2) is 12.1 Å². The normalized spacial score (nSPS) is 19.7. The molecule has 1 atom stereocenters. The Hall–Kier alpha value is -1.22. The van der Waals surface area contributed by atoms with E-state index in [0.29, 0.717) is 17.7 Å².